The van der Waals surface area contributed by atoms with Gasteiger partial charge in [-0.15, -0.1) is 0 Å². The molecular weight excluding hydrogens is 604 g/mol. The van der Waals surface area contributed by atoms with Crippen LogP contribution in [0.2, 0.25) is 0 Å². The Morgan fingerprint density at radius 3 is 2.00 bits per heavy atom. The zero-order valence-electron chi connectivity index (χ0n) is 26.3. The molecule has 1 amide bonds. The molecule has 46 heavy (non-hydrogen) atoms. The van der Waals surface area contributed by atoms with Crippen molar-refractivity contribution in [2.45, 2.75) is 120 Å². The maximum Gasteiger partial charge on any atom is 0.220 e. The normalized spacial score (nSPS) is 23.4. The zero-order chi connectivity index (χ0) is 33.5. The summed E-state index contributed by atoms with van der Waals surface area (Å²) < 4.78 is 42.5. The Morgan fingerprint density at radius 1 is 0.848 bits per heavy atom. The number of hydrogen-bond acceptors (Lipinski definition) is 9. The van der Waals surface area contributed by atoms with Crippen LogP contribution in [0.25, 0.3) is 0 Å². The van der Waals surface area contributed by atoms with Gasteiger partial charge in [0.25, 0.3) is 0 Å². The molecule has 2 aromatic carbocycles. The molecule has 1 heterocycles. The van der Waals surface area contributed by atoms with Crippen LogP contribution in [0, 0.1) is 5.82 Å². The van der Waals surface area contributed by atoms with Crippen molar-refractivity contribution in [2.75, 3.05) is 13.3 Å². The molecule has 1 saturated heterocycles. The van der Waals surface area contributed by atoms with Gasteiger partial charge in [0.15, 0.2) is 6.29 Å². The second-order valence-electron chi connectivity index (χ2n) is 11.9. The first-order valence-electron chi connectivity index (χ1n) is 16.1. The minimum Gasteiger partial charge on any atom is -0.457 e. The van der Waals surface area contributed by atoms with Crippen LogP contribution in [-0.4, -0.2) is 93.7 Å². The Labute approximate surface area is 269 Å². The molecule has 0 bridgehead atoms. The summed E-state index contributed by atoms with van der Waals surface area (Å²) >= 11 is 0. The number of hydrogen-bond donors (Lipinski definition) is 6. The molecular formula is C34H49F2NO9. The summed E-state index contributed by atoms with van der Waals surface area (Å²) in [5.41, 5.74) is 1.24. The Morgan fingerprint density at radius 2 is 1.41 bits per heavy atom. The number of aliphatic hydroxyl groups is 5. The maximum atomic E-state index is 13.1. The Hall–Kier alpha value is -2.71. The Bertz CT molecular complexity index is 1140. The van der Waals surface area contributed by atoms with Crippen LogP contribution in [0.1, 0.15) is 70.3 Å². The van der Waals surface area contributed by atoms with Gasteiger partial charge in [0, 0.05) is 6.42 Å². The van der Waals surface area contributed by atoms with Crippen molar-refractivity contribution in [3.05, 3.63) is 59.9 Å². The van der Waals surface area contributed by atoms with Gasteiger partial charge >= 0.3 is 0 Å². The number of carbonyl (C=O) groups is 1. The number of alkyl halides is 1. The fourth-order valence-corrected chi connectivity index (χ4v) is 5.26. The minimum absolute atomic E-state index is 0.216. The minimum atomic E-state index is -1.70. The van der Waals surface area contributed by atoms with Gasteiger partial charge in [0.2, 0.25) is 5.91 Å². The van der Waals surface area contributed by atoms with Crippen LogP contribution in [0.15, 0.2) is 48.5 Å². The number of rotatable bonds is 20. The molecule has 0 aromatic heterocycles. The van der Waals surface area contributed by atoms with E-state index in [0.29, 0.717) is 17.9 Å². The lowest BCUT2D eigenvalue weighted by Crippen LogP contribution is -2.60. The van der Waals surface area contributed by atoms with Crippen molar-refractivity contribution in [3.8, 4) is 11.5 Å². The van der Waals surface area contributed by atoms with E-state index in [1.165, 1.54) is 24.6 Å². The van der Waals surface area contributed by atoms with Gasteiger partial charge in [-0.3, -0.25) is 4.79 Å². The summed E-state index contributed by atoms with van der Waals surface area (Å²) in [7, 11) is 0. The van der Waals surface area contributed by atoms with Gasteiger partial charge in [-0.2, -0.15) is 0 Å². The molecule has 0 saturated carbocycles. The second-order valence-corrected chi connectivity index (χ2v) is 11.9. The summed E-state index contributed by atoms with van der Waals surface area (Å²) in [5, 5.41) is 52.7. The average Bonchev–Trinajstić information content (AvgIpc) is 3.05. The standard InChI is InChI=1S/C34H49F2NO9/c1-22(38)30(40)27(21-44-34-33(43)32(42)31(41)28(20-35)46-34)37-29(39)11-9-7-5-3-2-4-6-8-10-23-12-16-25(17-13-23)45-26-18-14-24(36)15-19-26/h12-19,22,27-28,30-34,38,40-43H,2-11,20-21H2,1H3,(H,37,39)/t22-,27+,28?,30-,31-,32+,33?,34+/m1/s1. The van der Waals surface area contributed by atoms with Gasteiger partial charge < -0.3 is 45.1 Å². The smallest absolute Gasteiger partial charge is 0.220 e. The first-order chi connectivity index (χ1) is 22.1. The predicted molar refractivity (Wildman–Crippen MR) is 166 cm³/mol. The van der Waals surface area contributed by atoms with E-state index >= 15 is 0 Å². The highest BCUT2D eigenvalue weighted by molar-refractivity contribution is 5.76. The molecule has 1 aliphatic rings. The highest BCUT2D eigenvalue weighted by atomic mass is 19.1. The van der Waals surface area contributed by atoms with Gasteiger partial charge in [0.1, 0.15) is 54.5 Å². The molecule has 8 atom stereocenters. The number of aliphatic hydroxyl groups excluding tert-OH is 5. The molecule has 12 heteroatoms. The van der Waals surface area contributed by atoms with Gasteiger partial charge in [-0.1, -0.05) is 50.7 Å². The fourth-order valence-electron chi connectivity index (χ4n) is 5.26. The third-order valence-electron chi connectivity index (χ3n) is 8.11. The highest BCUT2D eigenvalue weighted by Gasteiger charge is 2.44. The monoisotopic (exact) mass is 653 g/mol. The summed E-state index contributed by atoms with van der Waals surface area (Å²) in [6.07, 6.45) is -1.26. The number of amides is 1. The van der Waals surface area contributed by atoms with Crippen LogP contribution < -0.4 is 10.1 Å². The summed E-state index contributed by atoms with van der Waals surface area (Å²) in [6, 6.07) is 12.8. The number of ether oxygens (including phenoxy) is 3. The van der Waals surface area contributed by atoms with E-state index in [0.717, 1.165) is 51.4 Å². The van der Waals surface area contributed by atoms with E-state index in [1.54, 1.807) is 12.1 Å². The van der Waals surface area contributed by atoms with E-state index < -0.39 is 62.2 Å². The third-order valence-corrected chi connectivity index (χ3v) is 8.11. The van der Waals surface area contributed by atoms with E-state index in [4.69, 9.17) is 14.2 Å². The van der Waals surface area contributed by atoms with Gasteiger partial charge in [-0.25, -0.2) is 8.78 Å². The number of carbonyl (C=O) groups excluding carboxylic acids is 1. The molecule has 2 aromatic rings. The number of aryl methyl sites for hydroxylation is 1. The van der Waals surface area contributed by atoms with Crippen LogP contribution in [-0.2, 0) is 20.7 Å². The molecule has 10 nitrogen and oxygen atoms in total. The van der Waals surface area contributed by atoms with Crippen LogP contribution in [0.5, 0.6) is 11.5 Å². The Balaban J connectivity index is 1.25. The van der Waals surface area contributed by atoms with E-state index in [1.807, 2.05) is 24.3 Å². The third kappa shape index (κ3) is 12.5. The maximum absolute atomic E-state index is 13.1. The summed E-state index contributed by atoms with van der Waals surface area (Å²) in [5.74, 6) is 0.659. The lowest BCUT2D eigenvalue weighted by molar-refractivity contribution is -0.300. The molecule has 0 radical (unpaired) electrons. The first-order valence-corrected chi connectivity index (χ1v) is 16.1. The van der Waals surface area contributed by atoms with E-state index in [9.17, 15) is 39.1 Å². The summed E-state index contributed by atoms with van der Waals surface area (Å²) in [6.45, 7) is -0.158. The average molecular weight is 654 g/mol. The highest BCUT2D eigenvalue weighted by Crippen LogP contribution is 2.24. The molecule has 0 spiro atoms. The van der Waals surface area contributed by atoms with Crippen molar-refractivity contribution in [3.63, 3.8) is 0 Å². The number of nitrogens with one attached hydrogen (secondary N) is 1. The lowest BCUT2D eigenvalue weighted by Gasteiger charge is -2.40. The number of halogens is 2. The SMILES string of the molecule is C[C@@H](O)[C@@H](O)[C@H](CO[C@H]1OC(CF)[C@@H](O)[C@H](O)C1O)NC(=O)CCCCCCCCCCc1ccc(Oc2ccc(F)cc2)cc1. The van der Waals surface area contributed by atoms with Crippen molar-refractivity contribution < 1.29 is 53.3 Å². The first kappa shape index (κ1) is 37.7. The molecule has 2 unspecified atom stereocenters. The number of unbranched alkanes of at least 4 members (excludes halogenated alkanes) is 7. The van der Waals surface area contributed by atoms with Crippen molar-refractivity contribution in [1.82, 2.24) is 5.32 Å². The van der Waals surface area contributed by atoms with Gasteiger partial charge in [0.05, 0.1) is 18.8 Å². The van der Waals surface area contributed by atoms with Crippen LogP contribution >= 0.6 is 0 Å². The van der Waals surface area contributed by atoms with E-state index in [2.05, 4.69) is 5.32 Å². The second kappa shape index (κ2) is 19.8. The zero-order valence-corrected chi connectivity index (χ0v) is 26.3. The largest absolute Gasteiger partial charge is 0.457 e. The van der Waals surface area contributed by atoms with Crippen molar-refractivity contribution in [1.29, 1.82) is 0 Å². The molecule has 258 valence electrons. The van der Waals surface area contributed by atoms with Crippen molar-refractivity contribution in [2.24, 2.45) is 0 Å². The predicted octanol–water partition coefficient (Wildman–Crippen LogP) is 3.69. The van der Waals surface area contributed by atoms with E-state index in [-0.39, 0.29) is 18.1 Å². The quantitative estimate of drug-likeness (QED) is 0.117. The Kier molecular flexibility index (Phi) is 16.3. The molecule has 0 aliphatic carbocycles. The summed E-state index contributed by atoms with van der Waals surface area (Å²) in [4.78, 5) is 12.5. The molecule has 1 fully saturated rings. The van der Waals surface area contributed by atoms with Crippen molar-refractivity contribution >= 4 is 5.91 Å². The molecule has 6 N–H and O–H groups in total. The van der Waals surface area contributed by atoms with Gasteiger partial charge in [-0.05, 0) is 68.1 Å². The fraction of sp³-hybridized carbons (Fsp3) is 0.618. The van der Waals surface area contributed by atoms with Crippen LogP contribution in [0.3, 0.4) is 0 Å². The molecule has 3 rings (SSSR count). The lowest BCUT2D eigenvalue weighted by atomic mass is 9.99. The molecule has 1 aliphatic heterocycles. The van der Waals surface area contributed by atoms with Crippen LogP contribution in [0.4, 0.5) is 8.78 Å². The number of benzene rings is 2. The topological polar surface area (TPSA) is 158 Å².